The summed E-state index contributed by atoms with van der Waals surface area (Å²) in [6.07, 6.45) is 0.0357. The van der Waals surface area contributed by atoms with Gasteiger partial charge in [-0.3, -0.25) is 4.79 Å². The Bertz CT molecular complexity index is 459. The van der Waals surface area contributed by atoms with Gasteiger partial charge in [0.25, 0.3) is 5.91 Å². The average Bonchev–Trinajstić information content (AvgIpc) is 2.25. The smallest absolute Gasteiger partial charge is 0.264 e. The second kappa shape index (κ2) is 4.45. The second-order valence-corrected chi connectivity index (χ2v) is 4.57. The summed E-state index contributed by atoms with van der Waals surface area (Å²) in [6.45, 7) is 3.89. The minimum absolute atomic E-state index is 0.0357. The largest absolute Gasteiger partial charge is 0.489 e. The number of hydrogen-bond donors (Lipinski definition) is 0. The van der Waals surface area contributed by atoms with Crippen molar-refractivity contribution < 1.29 is 14.3 Å². The molecule has 0 fully saturated rings. The molecule has 0 saturated carbocycles. The van der Waals surface area contributed by atoms with Crippen molar-refractivity contribution in [3.63, 3.8) is 0 Å². The van der Waals surface area contributed by atoms with E-state index in [9.17, 15) is 4.79 Å². The average molecular weight is 256 g/mol. The van der Waals surface area contributed by atoms with Crippen LogP contribution in [0.15, 0.2) is 12.1 Å². The van der Waals surface area contributed by atoms with Crippen molar-refractivity contribution >= 4 is 23.2 Å². The first-order valence-corrected chi connectivity index (χ1v) is 5.76. The van der Waals surface area contributed by atoms with E-state index in [4.69, 9.17) is 21.1 Å². The van der Waals surface area contributed by atoms with Gasteiger partial charge in [0, 0.05) is 13.1 Å². The Morgan fingerprint density at radius 3 is 2.82 bits per heavy atom. The quantitative estimate of drug-likeness (QED) is 0.815. The molecule has 1 amide bonds. The summed E-state index contributed by atoms with van der Waals surface area (Å²) in [5.74, 6) is 1.10. The fourth-order valence-corrected chi connectivity index (χ4v) is 1.82. The fourth-order valence-electron chi connectivity index (χ4n) is 1.62. The van der Waals surface area contributed by atoms with Crippen LogP contribution in [0.4, 0.5) is 5.69 Å². The van der Waals surface area contributed by atoms with Crippen molar-refractivity contribution in [3.05, 3.63) is 17.2 Å². The summed E-state index contributed by atoms with van der Waals surface area (Å²) in [4.78, 5) is 13.0. The molecule has 0 saturated heterocycles. The molecule has 92 valence electrons. The van der Waals surface area contributed by atoms with Gasteiger partial charge in [-0.25, -0.2) is 0 Å². The molecule has 1 aromatic carbocycles. The minimum atomic E-state index is -0.0916. The Balaban J connectivity index is 2.40. The van der Waals surface area contributed by atoms with Crippen molar-refractivity contribution in [1.29, 1.82) is 0 Å². The van der Waals surface area contributed by atoms with Crippen molar-refractivity contribution in [1.82, 2.24) is 0 Å². The van der Waals surface area contributed by atoms with Crippen LogP contribution >= 0.6 is 11.6 Å². The van der Waals surface area contributed by atoms with E-state index >= 15 is 0 Å². The molecule has 0 radical (unpaired) electrons. The van der Waals surface area contributed by atoms with E-state index in [0.717, 1.165) is 0 Å². The molecule has 0 N–H and O–H groups in total. The number of carbonyl (C=O) groups excluding carboxylic acids is 1. The van der Waals surface area contributed by atoms with E-state index in [1.165, 1.54) is 4.90 Å². The summed E-state index contributed by atoms with van der Waals surface area (Å²) in [6, 6.07) is 3.41. The molecule has 0 aromatic heterocycles. The lowest BCUT2D eigenvalue weighted by Gasteiger charge is -2.27. The van der Waals surface area contributed by atoms with Crippen LogP contribution in [0, 0.1) is 0 Å². The maximum atomic E-state index is 11.5. The number of carbonyl (C=O) groups is 1. The van der Waals surface area contributed by atoms with Crippen LogP contribution in [-0.2, 0) is 4.79 Å². The van der Waals surface area contributed by atoms with E-state index in [0.29, 0.717) is 22.2 Å². The number of ether oxygens (including phenoxy) is 2. The van der Waals surface area contributed by atoms with Crippen molar-refractivity contribution in [2.24, 2.45) is 0 Å². The van der Waals surface area contributed by atoms with Crippen molar-refractivity contribution in [2.75, 3.05) is 18.6 Å². The summed E-state index contributed by atoms with van der Waals surface area (Å²) in [5.41, 5.74) is 0.669. The van der Waals surface area contributed by atoms with E-state index in [-0.39, 0.29) is 18.6 Å². The van der Waals surface area contributed by atoms with E-state index in [1.807, 2.05) is 13.8 Å². The third-order valence-electron chi connectivity index (χ3n) is 2.46. The molecular formula is C12H14ClNO3. The van der Waals surface area contributed by atoms with E-state index in [1.54, 1.807) is 19.2 Å². The van der Waals surface area contributed by atoms with Gasteiger partial charge in [-0.1, -0.05) is 11.6 Å². The molecule has 0 spiro atoms. The van der Waals surface area contributed by atoms with E-state index in [2.05, 4.69) is 0 Å². The number of amides is 1. The predicted octanol–water partition coefficient (Wildman–Crippen LogP) is 2.48. The lowest BCUT2D eigenvalue weighted by molar-refractivity contribution is -0.120. The highest BCUT2D eigenvalue weighted by Gasteiger charge is 2.24. The van der Waals surface area contributed by atoms with Gasteiger partial charge in [0.1, 0.15) is 11.5 Å². The lowest BCUT2D eigenvalue weighted by Crippen LogP contribution is -2.35. The molecular weight excluding hydrogens is 242 g/mol. The van der Waals surface area contributed by atoms with Gasteiger partial charge in [-0.15, -0.1) is 0 Å². The summed E-state index contributed by atoms with van der Waals surface area (Å²) >= 11 is 6.10. The van der Waals surface area contributed by atoms with Gasteiger partial charge in [-0.2, -0.15) is 0 Å². The summed E-state index contributed by atoms with van der Waals surface area (Å²) in [7, 11) is 1.70. The molecule has 0 bridgehead atoms. The number of hydrogen-bond acceptors (Lipinski definition) is 3. The second-order valence-electron chi connectivity index (χ2n) is 4.16. The predicted molar refractivity (Wildman–Crippen MR) is 66.1 cm³/mol. The molecule has 4 nitrogen and oxygen atoms in total. The first-order chi connectivity index (χ1) is 7.99. The van der Waals surface area contributed by atoms with Crippen LogP contribution in [-0.4, -0.2) is 25.7 Å². The van der Waals surface area contributed by atoms with Gasteiger partial charge in [0.2, 0.25) is 0 Å². The number of likely N-dealkylation sites (N-methyl/N-ethyl adjacent to an activating group) is 1. The third-order valence-corrected chi connectivity index (χ3v) is 2.76. The first kappa shape index (κ1) is 12.0. The van der Waals surface area contributed by atoms with Crippen molar-refractivity contribution in [3.8, 4) is 11.5 Å². The molecule has 0 aliphatic carbocycles. The van der Waals surface area contributed by atoms with Gasteiger partial charge in [-0.05, 0) is 19.9 Å². The maximum Gasteiger partial charge on any atom is 0.264 e. The van der Waals surface area contributed by atoms with Crippen LogP contribution in [0.2, 0.25) is 5.02 Å². The van der Waals surface area contributed by atoms with Crippen LogP contribution in [0.25, 0.3) is 0 Å². The van der Waals surface area contributed by atoms with Crippen LogP contribution in [0.1, 0.15) is 13.8 Å². The minimum Gasteiger partial charge on any atom is -0.489 e. The van der Waals surface area contributed by atoms with Crippen LogP contribution in [0.3, 0.4) is 0 Å². The Morgan fingerprint density at radius 1 is 1.47 bits per heavy atom. The molecule has 1 aliphatic heterocycles. The number of anilines is 1. The number of fused-ring (bicyclic) bond motifs is 1. The fraction of sp³-hybridized carbons (Fsp3) is 0.417. The Morgan fingerprint density at radius 2 is 2.18 bits per heavy atom. The molecule has 1 heterocycles. The van der Waals surface area contributed by atoms with Crippen LogP contribution < -0.4 is 14.4 Å². The van der Waals surface area contributed by atoms with Crippen molar-refractivity contribution in [2.45, 2.75) is 20.0 Å². The standard InChI is InChI=1S/C12H14ClNO3/c1-7(2)17-10-5-11-9(4-8(10)13)14(3)12(15)6-16-11/h4-5,7H,6H2,1-3H3. The van der Waals surface area contributed by atoms with Crippen LogP contribution in [0.5, 0.6) is 11.5 Å². The normalized spacial score (nSPS) is 14.6. The Hall–Kier alpha value is -1.42. The molecule has 1 aliphatic rings. The summed E-state index contributed by atoms with van der Waals surface area (Å²) < 4.78 is 10.9. The lowest BCUT2D eigenvalue weighted by atomic mass is 10.2. The molecule has 5 heteroatoms. The maximum absolute atomic E-state index is 11.5. The zero-order valence-corrected chi connectivity index (χ0v) is 10.7. The zero-order chi connectivity index (χ0) is 12.6. The highest BCUT2D eigenvalue weighted by molar-refractivity contribution is 6.32. The summed E-state index contributed by atoms with van der Waals surface area (Å²) in [5, 5.41) is 0.475. The molecule has 1 aromatic rings. The first-order valence-electron chi connectivity index (χ1n) is 5.38. The number of nitrogens with zero attached hydrogens (tertiary/aromatic N) is 1. The zero-order valence-electron chi connectivity index (χ0n) is 9.99. The highest BCUT2D eigenvalue weighted by Crippen LogP contribution is 2.39. The number of benzene rings is 1. The molecule has 0 atom stereocenters. The highest BCUT2D eigenvalue weighted by atomic mass is 35.5. The SMILES string of the molecule is CC(C)Oc1cc2c(cc1Cl)N(C)C(=O)CO2. The monoisotopic (exact) mass is 255 g/mol. The van der Waals surface area contributed by atoms with Gasteiger partial charge in [0.05, 0.1) is 16.8 Å². The number of halogens is 1. The van der Waals surface area contributed by atoms with Gasteiger partial charge < -0.3 is 14.4 Å². The molecule has 0 unspecified atom stereocenters. The molecule has 2 rings (SSSR count). The van der Waals surface area contributed by atoms with E-state index < -0.39 is 0 Å². The van der Waals surface area contributed by atoms with Gasteiger partial charge in [0.15, 0.2) is 6.61 Å². The molecule has 17 heavy (non-hydrogen) atoms. The Labute approximate surface area is 105 Å². The van der Waals surface area contributed by atoms with Gasteiger partial charge >= 0.3 is 0 Å². The topological polar surface area (TPSA) is 38.8 Å². The Kier molecular flexibility index (Phi) is 3.15. The third kappa shape index (κ3) is 2.31. The number of rotatable bonds is 2.